The fraction of sp³-hybridized carbons (Fsp3) is 0.240. The lowest BCUT2D eigenvalue weighted by Gasteiger charge is -2.16. The first-order chi connectivity index (χ1) is 17.3. The minimum atomic E-state index is -0.875. The number of hydrogen-bond acceptors (Lipinski definition) is 6. The summed E-state index contributed by atoms with van der Waals surface area (Å²) in [6.07, 6.45) is 2.92. The third kappa shape index (κ3) is 6.09. The van der Waals surface area contributed by atoms with Gasteiger partial charge in [0.2, 0.25) is 0 Å². The van der Waals surface area contributed by atoms with Crippen molar-refractivity contribution >= 4 is 29.1 Å². The summed E-state index contributed by atoms with van der Waals surface area (Å²) in [4.78, 5) is 19.5. The molecule has 0 radical (unpaired) electrons. The Labute approximate surface area is 210 Å². The molecule has 1 amide bonds. The highest BCUT2D eigenvalue weighted by Gasteiger charge is 2.24. The molecule has 1 aliphatic heterocycles. The lowest BCUT2D eigenvalue weighted by Crippen LogP contribution is -2.26. The first-order valence-electron chi connectivity index (χ1n) is 11.1. The number of phenolic OH excluding ortho intramolecular Hbond substituents is 1. The van der Waals surface area contributed by atoms with E-state index in [1.807, 2.05) is 17.2 Å². The molecule has 0 aliphatic carbocycles. The molecule has 2 aromatic heterocycles. The molecular formula is C25H24F3N5O2S. The quantitative estimate of drug-likeness (QED) is 0.378. The van der Waals surface area contributed by atoms with Gasteiger partial charge in [0.05, 0.1) is 12.7 Å². The third-order valence-electron chi connectivity index (χ3n) is 5.53. The van der Waals surface area contributed by atoms with E-state index in [4.69, 9.17) is 0 Å². The first-order valence-corrected chi connectivity index (χ1v) is 12.4. The van der Waals surface area contributed by atoms with Crippen molar-refractivity contribution in [1.82, 2.24) is 19.9 Å². The molecule has 7 nitrogen and oxygen atoms in total. The first kappa shape index (κ1) is 25.4. The minimum absolute atomic E-state index is 0.106. The van der Waals surface area contributed by atoms with Crippen LogP contribution in [0.2, 0.25) is 0 Å². The maximum Gasteiger partial charge on any atom is 0.271 e. The molecule has 11 heteroatoms. The van der Waals surface area contributed by atoms with Crippen LogP contribution in [0.25, 0.3) is 5.65 Å². The largest absolute Gasteiger partial charge is 0.505 e. The number of thioether (sulfide) groups is 1. The van der Waals surface area contributed by atoms with Crippen molar-refractivity contribution in [1.29, 1.82) is 0 Å². The van der Waals surface area contributed by atoms with E-state index >= 15 is 0 Å². The average Bonchev–Trinajstić information content (AvgIpc) is 3.51. The second-order valence-electron chi connectivity index (χ2n) is 8.07. The van der Waals surface area contributed by atoms with E-state index in [0.29, 0.717) is 30.0 Å². The molecule has 0 spiro atoms. The van der Waals surface area contributed by atoms with E-state index in [-0.39, 0.29) is 24.6 Å². The van der Waals surface area contributed by atoms with Crippen molar-refractivity contribution in [2.75, 3.05) is 24.2 Å². The Bertz CT molecular complexity index is 1370. The number of rotatable bonds is 5. The number of alkyl halides is 1. The molecule has 1 saturated heterocycles. The van der Waals surface area contributed by atoms with Crippen LogP contribution in [0.3, 0.4) is 0 Å². The summed E-state index contributed by atoms with van der Waals surface area (Å²) in [7, 11) is 0. The maximum atomic E-state index is 13.4. The number of carbonyl (C=O) groups is 1. The number of aromatic hydroxyl groups is 1. The van der Waals surface area contributed by atoms with Crippen molar-refractivity contribution < 1.29 is 23.1 Å². The third-order valence-corrected chi connectivity index (χ3v) is 6.26. The van der Waals surface area contributed by atoms with Gasteiger partial charge in [0.1, 0.15) is 17.8 Å². The smallest absolute Gasteiger partial charge is 0.271 e. The van der Waals surface area contributed by atoms with Crippen LogP contribution in [0.15, 0.2) is 65.7 Å². The van der Waals surface area contributed by atoms with Gasteiger partial charge in [-0.05, 0) is 60.7 Å². The zero-order chi connectivity index (χ0) is 25.7. The predicted molar refractivity (Wildman–Crippen MR) is 132 cm³/mol. The summed E-state index contributed by atoms with van der Waals surface area (Å²) in [6.45, 7) is 0.960. The normalized spacial score (nSPS) is 15.0. The lowest BCUT2D eigenvalue weighted by atomic mass is 10.2. The molecule has 0 saturated carbocycles. The van der Waals surface area contributed by atoms with Crippen molar-refractivity contribution in [2.45, 2.75) is 24.0 Å². The van der Waals surface area contributed by atoms with E-state index in [1.165, 1.54) is 35.0 Å². The molecule has 4 aromatic rings. The molecule has 36 heavy (non-hydrogen) atoms. The Hall–Kier alpha value is -3.73. The van der Waals surface area contributed by atoms with Crippen molar-refractivity contribution in [3.63, 3.8) is 0 Å². The van der Waals surface area contributed by atoms with Crippen LogP contribution in [0, 0.1) is 11.6 Å². The number of amides is 1. The minimum Gasteiger partial charge on any atom is -0.505 e. The Morgan fingerprint density at radius 1 is 1.19 bits per heavy atom. The van der Waals surface area contributed by atoms with Crippen molar-refractivity contribution in [2.24, 2.45) is 0 Å². The van der Waals surface area contributed by atoms with Gasteiger partial charge < -0.3 is 15.3 Å². The van der Waals surface area contributed by atoms with Gasteiger partial charge in [-0.1, -0.05) is 12.1 Å². The van der Waals surface area contributed by atoms with Crippen LogP contribution in [-0.4, -0.2) is 51.1 Å². The standard InChI is InChI=1S/C18H17F2N5O2.C7H7FS/c19-12-5-6-24(10-12)17-4-3-16-21-9-14(25(16)23-17)18(27)22-8-11-1-2-13(20)15(26)7-11;1-9-7-4-2-3-6(8)5-7/h1-4,7,9,12,26H,5-6,8,10H2,(H,22,27);2-5H,1H3. The highest BCUT2D eigenvalue weighted by Crippen LogP contribution is 2.21. The Kier molecular flexibility index (Phi) is 7.99. The molecule has 1 atom stereocenters. The van der Waals surface area contributed by atoms with Crippen LogP contribution >= 0.6 is 11.8 Å². The number of imidazole rings is 1. The summed E-state index contributed by atoms with van der Waals surface area (Å²) in [5.41, 5.74) is 1.28. The van der Waals surface area contributed by atoms with Gasteiger partial charge in [0, 0.05) is 18.0 Å². The van der Waals surface area contributed by atoms with E-state index < -0.39 is 23.6 Å². The molecule has 1 fully saturated rings. The zero-order valence-corrected chi connectivity index (χ0v) is 20.2. The van der Waals surface area contributed by atoms with Crippen LogP contribution in [0.4, 0.5) is 19.0 Å². The number of benzene rings is 2. The average molecular weight is 516 g/mol. The van der Waals surface area contributed by atoms with Gasteiger partial charge in [0.25, 0.3) is 5.91 Å². The number of nitrogens with one attached hydrogen (secondary N) is 1. The van der Waals surface area contributed by atoms with Crippen LogP contribution < -0.4 is 10.2 Å². The van der Waals surface area contributed by atoms with E-state index in [1.54, 1.807) is 30.0 Å². The molecule has 2 aromatic carbocycles. The number of hydrogen-bond donors (Lipinski definition) is 2. The highest BCUT2D eigenvalue weighted by atomic mass is 32.2. The number of nitrogens with zero attached hydrogens (tertiary/aromatic N) is 4. The molecule has 2 N–H and O–H groups in total. The SMILES string of the molecule is CSc1cccc(F)c1.O=C(NCc1ccc(F)c(O)c1)c1cnc2ccc(N3CCC(F)C3)nn12. The molecule has 3 heterocycles. The molecular weight excluding hydrogens is 491 g/mol. The molecule has 0 bridgehead atoms. The summed E-state index contributed by atoms with van der Waals surface area (Å²) in [6, 6.07) is 13.9. The zero-order valence-electron chi connectivity index (χ0n) is 19.4. The topological polar surface area (TPSA) is 82.8 Å². The molecule has 188 valence electrons. The van der Waals surface area contributed by atoms with E-state index in [9.17, 15) is 23.1 Å². The molecule has 1 unspecified atom stereocenters. The second-order valence-corrected chi connectivity index (χ2v) is 8.95. The van der Waals surface area contributed by atoms with Crippen LogP contribution in [0.1, 0.15) is 22.5 Å². The van der Waals surface area contributed by atoms with Crippen LogP contribution in [0.5, 0.6) is 5.75 Å². The summed E-state index contributed by atoms with van der Waals surface area (Å²) >= 11 is 1.54. The number of fused-ring (bicyclic) bond motifs is 1. The fourth-order valence-electron chi connectivity index (χ4n) is 3.65. The van der Waals surface area contributed by atoms with Crippen molar-refractivity contribution in [3.8, 4) is 5.75 Å². The van der Waals surface area contributed by atoms with Crippen LogP contribution in [-0.2, 0) is 6.54 Å². The number of anilines is 1. The lowest BCUT2D eigenvalue weighted by molar-refractivity contribution is 0.0944. The van der Waals surface area contributed by atoms with Gasteiger partial charge >= 0.3 is 0 Å². The van der Waals surface area contributed by atoms with Gasteiger partial charge in [-0.2, -0.15) is 0 Å². The number of phenols is 1. The summed E-state index contributed by atoms with van der Waals surface area (Å²) < 4.78 is 40.3. The summed E-state index contributed by atoms with van der Waals surface area (Å²) in [5, 5.41) is 16.5. The fourth-order valence-corrected chi connectivity index (χ4v) is 4.09. The van der Waals surface area contributed by atoms with E-state index in [2.05, 4.69) is 15.4 Å². The maximum absolute atomic E-state index is 13.4. The highest BCUT2D eigenvalue weighted by molar-refractivity contribution is 7.98. The molecule has 1 aliphatic rings. The van der Waals surface area contributed by atoms with Gasteiger partial charge in [-0.25, -0.2) is 22.7 Å². The number of aromatic nitrogens is 3. The predicted octanol–water partition coefficient (Wildman–Crippen LogP) is 4.60. The van der Waals surface area contributed by atoms with E-state index in [0.717, 1.165) is 11.0 Å². The monoisotopic (exact) mass is 515 g/mol. The van der Waals surface area contributed by atoms with Gasteiger partial charge in [0.15, 0.2) is 22.9 Å². The number of halogens is 3. The second kappa shape index (κ2) is 11.3. The Morgan fingerprint density at radius 3 is 2.69 bits per heavy atom. The van der Waals surface area contributed by atoms with Crippen molar-refractivity contribution in [3.05, 3.63) is 83.7 Å². The summed E-state index contributed by atoms with van der Waals surface area (Å²) in [5.74, 6) is -1.19. The van der Waals surface area contributed by atoms with Gasteiger partial charge in [-0.3, -0.25) is 4.79 Å². The van der Waals surface area contributed by atoms with Gasteiger partial charge in [-0.15, -0.1) is 16.9 Å². The Morgan fingerprint density at radius 2 is 2.03 bits per heavy atom. The number of carbonyl (C=O) groups excluding carboxylic acids is 1. The Balaban J connectivity index is 0.000000286. The molecule has 5 rings (SSSR count).